The maximum absolute atomic E-state index is 12.2. The van der Waals surface area contributed by atoms with Crippen LogP contribution in [0.15, 0.2) is 30.3 Å². The second-order valence-electron chi connectivity index (χ2n) is 5.27. The van der Waals surface area contributed by atoms with Gasteiger partial charge in [-0.25, -0.2) is 0 Å². The van der Waals surface area contributed by atoms with E-state index in [4.69, 9.17) is 5.73 Å². The number of nitrogens with one attached hydrogen (secondary N) is 2. The number of piperidine rings is 1. The largest absolute Gasteiger partial charge is 0.354 e. The predicted molar refractivity (Wildman–Crippen MR) is 84.0 cm³/mol. The molecule has 1 saturated heterocycles. The van der Waals surface area contributed by atoms with Crippen molar-refractivity contribution in [1.82, 2.24) is 10.6 Å². The standard InChI is InChI=1S/C15H21N3O2.ClH/c1-10(14(16)11-5-3-2-4-6-11)15(20)18-12-7-8-13(19)17-9-12;/h2-6,10,12,14H,7-9,16H2,1H3,(H,17,19)(H,18,20);1H. The van der Waals surface area contributed by atoms with E-state index in [9.17, 15) is 9.59 Å². The summed E-state index contributed by atoms with van der Waals surface area (Å²) in [5.41, 5.74) is 7.09. The quantitative estimate of drug-likeness (QED) is 0.779. The minimum Gasteiger partial charge on any atom is -0.354 e. The summed E-state index contributed by atoms with van der Waals surface area (Å²) >= 11 is 0. The Morgan fingerprint density at radius 3 is 2.62 bits per heavy atom. The Balaban J connectivity index is 0.00000220. The van der Waals surface area contributed by atoms with Crippen molar-refractivity contribution in [3.8, 4) is 0 Å². The molecule has 0 bridgehead atoms. The molecule has 0 aliphatic carbocycles. The highest BCUT2D eigenvalue weighted by atomic mass is 35.5. The molecule has 1 aromatic rings. The van der Waals surface area contributed by atoms with Crippen LogP contribution >= 0.6 is 12.4 Å². The van der Waals surface area contributed by atoms with Crippen LogP contribution < -0.4 is 16.4 Å². The van der Waals surface area contributed by atoms with Gasteiger partial charge < -0.3 is 16.4 Å². The molecule has 5 nitrogen and oxygen atoms in total. The van der Waals surface area contributed by atoms with Crippen LogP contribution in [0.4, 0.5) is 0 Å². The first-order valence-electron chi connectivity index (χ1n) is 6.95. The topological polar surface area (TPSA) is 84.2 Å². The number of carbonyl (C=O) groups excluding carboxylic acids is 2. The van der Waals surface area contributed by atoms with E-state index in [0.717, 1.165) is 5.56 Å². The van der Waals surface area contributed by atoms with Crippen LogP contribution in [0.2, 0.25) is 0 Å². The molecule has 1 fully saturated rings. The van der Waals surface area contributed by atoms with Crippen LogP contribution in [0.25, 0.3) is 0 Å². The Kier molecular flexibility index (Phi) is 6.65. The highest BCUT2D eigenvalue weighted by Crippen LogP contribution is 2.19. The maximum Gasteiger partial charge on any atom is 0.225 e. The SMILES string of the molecule is CC(C(=O)NC1CCC(=O)NC1)C(N)c1ccccc1.Cl. The highest BCUT2D eigenvalue weighted by Gasteiger charge is 2.26. The maximum atomic E-state index is 12.2. The fourth-order valence-corrected chi connectivity index (χ4v) is 2.32. The zero-order valence-corrected chi connectivity index (χ0v) is 12.9. The molecule has 4 N–H and O–H groups in total. The van der Waals surface area contributed by atoms with Gasteiger partial charge in [0.05, 0.1) is 5.92 Å². The number of hydrogen-bond acceptors (Lipinski definition) is 3. The third kappa shape index (κ3) is 4.72. The summed E-state index contributed by atoms with van der Waals surface area (Å²) in [5, 5.41) is 5.71. The fraction of sp³-hybridized carbons (Fsp3) is 0.467. The van der Waals surface area contributed by atoms with E-state index in [1.165, 1.54) is 0 Å². The average Bonchev–Trinajstić information content (AvgIpc) is 2.49. The van der Waals surface area contributed by atoms with Gasteiger partial charge in [0.15, 0.2) is 0 Å². The normalized spacial score (nSPS) is 20.7. The van der Waals surface area contributed by atoms with Crippen molar-refractivity contribution >= 4 is 24.2 Å². The van der Waals surface area contributed by atoms with Gasteiger partial charge in [-0.1, -0.05) is 37.3 Å². The van der Waals surface area contributed by atoms with Crippen molar-refractivity contribution in [2.75, 3.05) is 6.54 Å². The zero-order chi connectivity index (χ0) is 14.5. The van der Waals surface area contributed by atoms with Gasteiger partial charge in [0.1, 0.15) is 0 Å². The number of rotatable bonds is 4. The molecule has 0 saturated carbocycles. The second-order valence-corrected chi connectivity index (χ2v) is 5.27. The lowest BCUT2D eigenvalue weighted by Crippen LogP contribution is -2.50. The Labute approximate surface area is 131 Å². The molecule has 3 atom stereocenters. The van der Waals surface area contributed by atoms with Crippen molar-refractivity contribution in [1.29, 1.82) is 0 Å². The van der Waals surface area contributed by atoms with Gasteiger partial charge in [0.2, 0.25) is 11.8 Å². The second kappa shape index (κ2) is 8.00. The molecule has 6 heteroatoms. The summed E-state index contributed by atoms with van der Waals surface area (Å²) in [6.07, 6.45) is 1.15. The van der Waals surface area contributed by atoms with Gasteiger partial charge in [0.25, 0.3) is 0 Å². The molecule has 2 amide bonds. The summed E-state index contributed by atoms with van der Waals surface area (Å²) in [5.74, 6) is -0.331. The number of hydrogen-bond donors (Lipinski definition) is 3. The van der Waals surface area contributed by atoms with Gasteiger partial charge in [0, 0.05) is 25.0 Å². The molecule has 0 aromatic heterocycles. The molecule has 3 unspecified atom stereocenters. The van der Waals surface area contributed by atoms with Gasteiger partial charge in [-0.2, -0.15) is 0 Å². The number of carbonyl (C=O) groups is 2. The molecule has 1 aliphatic rings. The minimum absolute atomic E-state index is 0. The van der Waals surface area contributed by atoms with E-state index in [1.54, 1.807) is 0 Å². The van der Waals surface area contributed by atoms with Gasteiger partial charge in [-0.05, 0) is 12.0 Å². The molecular weight excluding hydrogens is 290 g/mol. The Morgan fingerprint density at radius 1 is 1.38 bits per heavy atom. The lowest BCUT2D eigenvalue weighted by atomic mass is 9.94. The first-order chi connectivity index (χ1) is 9.58. The smallest absolute Gasteiger partial charge is 0.225 e. The van der Waals surface area contributed by atoms with E-state index >= 15 is 0 Å². The monoisotopic (exact) mass is 311 g/mol. The van der Waals surface area contributed by atoms with E-state index in [0.29, 0.717) is 19.4 Å². The predicted octanol–water partition coefficient (Wildman–Crippen LogP) is 1.14. The van der Waals surface area contributed by atoms with Crippen LogP contribution in [0.1, 0.15) is 31.4 Å². The van der Waals surface area contributed by atoms with Crippen LogP contribution in [-0.2, 0) is 9.59 Å². The van der Waals surface area contributed by atoms with Gasteiger partial charge >= 0.3 is 0 Å². The Morgan fingerprint density at radius 2 is 2.05 bits per heavy atom. The summed E-state index contributed by atoms with van der Waals surface area (Å²) in [6, 6.07) is 9.28. The molecule has 1 aliphatic heterocycles. The van der Waals surface area contributed by atoms with Gasteiger partial charge in [-0.3, -0.25) is 9.59 Å². The number of benzene rings is 1. The lowest BCUT2D eigenvalue weighted by Gasteiger charge is -2.26. The molecule has 1 heterocycles. The first-order valence-corrected chi connectivity index (χ1v) is 6.95. The minimum atomic E-state index is -0.325. The molecule has 2 rings (SSSR count). The van der Waals surface area contributed by atoms with Crippen molar-refractivity contribution < 1.29 is 9.59 Å². The molecule has 0 spiro atoms. The lowest BCUT2D eigenvalue weighted by molar-refractivity contribution is -0.128. The molecule has 0 radical (unpaired) electrons. The van der Waals surface area contributed by atoms with Crippen molar-refractivity contribution in [2.24, 2.45) is 11.7 Å². The van der Waals surface area contributed by atoms with Crippen LogP contribution in [0.3, 0.4) is 0 Å². The number of halogens is 1. The number of nitrogens with two attached hydrogens (primary N) is 1. The highest BCUT2D eigenvalue weighted by molar-refractivity contribution is 5.85. The van der Waals surface area contributed by atoms with E-state index < -0.39 is 0 Å². The first kappa shape index (κ1) is 17.5. The summed E-state index contributed by atoms with van der Waals surface area (Å²) in [6.45, 7) is 2.33. The zero-order valence-electron chi connectivity index (χ0n) is 12.0. The van der Waals surface area contributed by atoms with E-state index in [2.05, 4.69) is 10.6 Å². The molecule has 1 aromatic carbocycles. The molecule has 21 heavy (non-hydrogen) atoms. The van der Waals surface area contributed by atoms with E-state index in [1.807, 2.05) is 37.3 Å². The molecule has 116 valence electrons. The molecular formula is C15H22ClN3O2. The number of amides is 2. The Hall–Kier alpha value is -1.59. The van der Waals surface area contributed by atoms with Crippen molar-refractivity contribution in [2.45, 2.75) is 31.8 Å². The average molecular weight is 312 g/mol. The van der Waals surface area contributed by atoms with Crippen LogP contribution in [0.5, 0.6) is 0 Å². The summed E-state index contributed by atoms with van der Waals surface area (Å²) < 4.78 is 0. The third-order valence-electron chi connectivity index (χ3n) is 3.75. The Bertz CT molecular complexity index is 471. The summed E-state index contributed by atoms with van der Waals surface area (Å²) in [4.78, 5) is 23.3. The third-order valence-corrected chi connectivity index (χ3v) is 3.75. The van der Waals surface area contributed by atoms with Crippen LogP contribution in [0, 0.1) is 5.92 Å². The van der Waals surface area contributed by atoms with E-state index in [-0.39, 0.29) is 42.2 Å². The van der Waals surface area contributed by atoms with Crippen molar-refractivity contribution in [3.05, 3.63) is 35.9 Å². The summed E-state index contributed by atoms with van der Waals surface area (Å²) in [7, 11) is 0. The van der Waals surface area contributed by atoms with Gasteiger partial charge in [-0.15, -0.1) is 12.4 Å². The fourth-order valence-electron chi connectivity index (χ4n) is 2.32. The van der Waals surface area contributed by atoms with Crippen molar-refractivity contribution in [3.63, 3.8) is 0 Å². The van der Waals surface area contributed by atoms with Crippen LogP contribution in [-0.4, -0.2) is 24.4 Å².